The van der Waals surface area contributed by atoms with Gasteiger partial charge in [0, 0.05) is 19.1 Å². The van der Waals surface area contributed by atoms with E-state index in [-0.39, 0.29) is 6.29 Å². The maximum Gasteiger partial charge on any atom is 0.167 e. The molecule has 0 atom stereocenters. The van der Waals surface area contributed by atoms with Gasteiger partial charge in [-0.1, -0.05) is 12.2 Å². The molecule has 0 aliphatic heterocycles. The molecule has 58 valence electrons. The smallest absolute Gasteiger partial charge is 0.167 e. The summed E-state index contributed by atoms with van der Waals surface area (Å²) in [7, 11) is 0. The molecule has 0 saturated heterocycles. The van der Waals surface area contributed by atoms with E-state index in [9.17, 15) is 0 Å². The fourth-order valence-corrected chi connectivity index (χ4v) is 0.844. The van der Waals surface area contributed by atoms with Crippen LogP contribution in [-0.2, 0) is 9.47 Å². The summed E-state index contributed by atoms with van der Waals surface area (Å²) in [5, 5.41) is 0. The normalized spacial score (nSPS) is 16.7. The average molecular weight is 142 g/mol. The highest BCUT2D eigenvalue weighted by Crippen LogP contribution is 2.23. The predicted molar refractivity (Wildman–Crippen MR) is 39.7 cm³/mol. The lowest BCUT2D eigenvalue weighted by Gasteiger charge is -2.15. The SMILES string of the molecule is CCOC(OCC)C1C=C1. The molecule has 0 N–H and O–H groups in total. The van der Waals surface area contributed by atoms with E-state index >= 15 is 0 Å². The summed E-state index contributed by atoms with van der Waals surface area (Å²) < 4.78 is 10.6. The molecule has 0 aromatic heterocycles. The van der Waals surface area contributed by atoms with Crippen LogP contribution in [0, 0.1) is 5.92 Å². The standard InChI is InChI=1S/C8H14O2/c1-3-9-8(10-4-2)7-5-6-7/h5-8H,3-4H2,1-2H3. The van der Waals surface area contributed by atoms with Gasteiger partial charge in [-0.25, -0.2) is 0 Å². The molecule has 0 bridgehead atoms. The molecule has 0 fully saturated rings. The van der Waals surface area contributed by atoms with Crippen LogP contribution in [0.25, 0.3) is 0 Å². The first kappa shape index (κ1) is 7.76. The van der Waals surface area contributed by atoms with Crippen molar-refractivity contribution < 1.29 is 9.47 Å². The molecule has 0 heterocycles. The second-order valence-corrected chi connectivity index (χ2v) is 2.24. The first-order valence-electron chi connectivity index (χ1n) is 3.80. The van der Waals surface area contributed by atoms with Gasteiger partial charge in [0.25, 0.3) is 0 Å². The average Bonchev–Trinajstić information content (AvgIpc) is 2.69. The Morgan fingerprint density at radius 1 is 1.20 bits per heavy atom. The highest BCUT2D eigenvalue weighted by molar-refractivity contribution is 5.14. The van der Waals surface area contributed by atoms with E-state index in [1.165, 1.54) is 0 Å². The van der Waals surface area contributed by atoms with Crippen molar-refractivity contribution in [1.29, 1.82) is 0 Å². The Bertz CT molecular complexity index is 108. The summed E-state index contributed by atoms with van der Waals surface area (Å²) in [4.78, 5) is 0. The van der Waals surface area contributed by atoms with Crippen molar-refractivity contribution >= 4 is 0 Å². The summed E-state index contributed by atoms with van der Waals surface area (Å²) in [6.45, 7) is 5.41. The van der Waals surface area contributed by atoms with Crippen molar-refractivity contribution in [3.63, 3.8) is 0 Å². The van der Waals surface area contributed by atoms with Crippen molar-refractivity contribution in [3.8, 4) is 0 Å². The minimum absolute atomic E-state index is 0.0185. The highest BCUT2D eigenvalue weighted by Gasteiger charge is 2.24. The van der Waals surface area contributed by atoms with Crippen molar-refractivity contribution in [3.05, 3.63) is 12.2 Å². The van der Waals surface area contributed by atoms with Gasteiger partial charge in [0.15, 0.2) is 6.29 Å². The van der Waals surface area contributed by atoms with E-state index in [4.69, 9.17) is 9.47 Å². The minimum atomic E-state index is -0.0185. The molecule has 1 rings (SSSR count). The molecule has 0 unspecified atom stereocenters. The lowest BCUT2D eigenvalue weighted by molar-refractivity contribution is -0.143. The van der Waals surface area contributed by atoms with E-state index in [1.807, 2.05) is 13.8 Å². The Labute approximate surface area is 61.8 Å². The maximum absolute atomic E-state index is 5.32. The largest absolute Gasteiger partial charge is 0.352 e. The molecule has 0 saturated carbocycles. The Balaban J connectivity index is 2.14. The van der Waals surface area contributed by atoms with Crippen LogP contribution in [0.5, 0.6) is 0 Å². The van der Waals surface area contributed by atoms with Crippen LogP contribution in [0.4, 0.5) is 0 Å². The van der Waals surface area contributed by atoms with E-state index in [0.717, 1.165) is 13.2 Å². The monoisotopic (exact) mass is 142 g/mol. The summed E-state index contributed by atoms with van der Waals surface area (Å²) in [6.07, 6.45) is 4.17. The summed E-state index contributed by atoms with van der Waals surface area (Å²) in [5.41, 5.74) is 0. The zero-order valence-electron chi connectivity index (χ0n) is 6.54. The third-order valence-electron chi connectivity index (χ3n) is 1.39. The first-order chi connectivity index (χ1) is 4.88. The number of hydrogen-bond donors (Lipinski definition) is 0. The van der Waals surface area contributed by atoms with Crippen molar-refractivity contribution in [2.45, 2.75) is 20.1 Å². The molecule has 0 amide bonds. The van der Waals surface area contributed by atoms with Crippen LogP contribution in [0.2, 0.25) is 0 Å². The number of rotatable bonds is 5. The van der Waals surface area contributed by atoms with Gasteiger partial charge in [0.1, 0.15) is 0 Å². The fourth-order valence-electron chi connectivity index (χ4n) is 0.844. The van der Waals surface area contributed by atoms with Crippen LogP contribution in [0.3, 0.4) is 0 Å². The minimum Gasteiger partial charge on any atom is -0.352 e. The van der Waals surface area contributed by atoms with Gasteiger partial charge in [-0.05, 0) is 13.8 Å². The molecule has 1 aliphatic rings. The van der Waals surface area contributed by atoms with Crippen molar-refractivity contribution in [2.24, 2.45) is 5.92 Å². The summed E-state index contributed by atoms with van der Waals surface area (Å²) in [6, 6.07) is 0. The zero-order valence-corrected chi connectivity index (χ0v) is 6.54. The second kappa shape index (κ2) is 3.74. The van der Waals surface area contributed by atoms with Crippen LogP contribution in [0.15, 0.2) is 12.2 Å². The topological polar surface area (TPSA) is 18.5 Å². The van der Waals surface area contributed by atoms with Gasteiger partial charge >= 0.3 is 0 Å². The molecule has 2 nitrogen and oxygen atoms in total. The van der Waals surface area contributed by atoms with Crippen molar-refractivity contribution in [2.75, 3.05) is 13.2 Å². The zero-order chi connectivity index (χ0) is 7.40. The summed E-state index contributed by atoms with van der Waals surface area (Å²) in [5.74, 6) is 0.444. The Kier molecular flexibility index (Phi) is 2.90. The third-order valence-corrected chi connectivity index (χ3v) is 1.39. The molecule has 0 aromatic carbocycles. The first-order valence-corrected chi connectivity index (χ1v) is 3.80. The molecule has 1 aliphatic carbocycles. The van der Waals surface area contributed by atoms with Gasteiger partial charge < -0.3 is 9.47 Å². The van der Waals surface area contributed by atoms with Crippen LogP contribution in [-0.4, -0.2) is 19.5 Å². The Hall–Kier alpha value is -0.340. The van der Waals surface area contributed by atoms with E-state index < -0.39 is 0 Å². The Morgan fingerprint density at radius 2 is 1.70 bits per heavy atom. The second-order valence-electron chi connectivity index (χ2n) is 2.24. The van der Waals surface area contributed by atoms with E-state index in [2.05, 4.69) is 12.2 Å². The van der Waals surface area contributed by atoms with Crippen LogP contribution >= 0.6 is 0 Å². The highest BCUT2D eigenvalue weighted by atomic mass is 16.7. The van der Waals surface area contributed by atoms with E-state index in [1.54, 1.807) is 0 Å². The lowest BCUT2D eigenvalue weighted by atomic mass is 10.4. The fraction of sp³-hybridized carbons (Fsp3) is 0.750. The predicted octanol–water partition coefficient (Wildman–Crippen LogP) is 1.57. The molecular formula is C8H14O2. The van der Waals surface area contributed by atoms with Gasteiger partial charge in [-0.2, -0.15) is 0 Å². The molecule has 2 heteroatoms. The number of ether oxygens (including phenoxy) is 2. The van der Waals surface area contributed by atoms with Gasteiger partial charge in [-0.15, -0.1) is 0 Å². The van der Waals surface area contributed by atoms with Crippen LogP contribution in [0.1, 0.15) is 13.8 Å². The molecular weight excluding hydrogens is 128 g/mol. The number of hydrogen-bond acceptors (Lipinski definition) is 2. The van der Waals surface area contributed by atoms with Gasteiger partial charge in [0.2, 0.25) is 0 Å². The molecule has 0 radical (unpaired) electrons. The lowest BCUT2D eigenvalue weighted by Crippen LogP contribution is -2.20. The quantitative estimate of drug-likeness (QED) is 0.428. The summed E-state index contributed by atoms with van der Waals surface area (Å²) >= 11 is 0. The van der Waals surface area contributed by atoms with E-state index in [0.29, 0.717) is 5.92 Å². The maximum atomic E-state index is 5.32. The molecule has 10 heavy (non-hydrogen) atoms. The van der Waals surface area contributed by atoms with Crippen molar-refractivity contribution in [1.82, 2.24) is 0 Å². The van der Waals surface area contributed by atoms with Crippen LogP contribution < -0.4 is 0 Å². The van der Waals surface area contributed by atoms with Gasteiger partial charge in [0.05, 0.1) is 0 Å². The third kappa shape index (κ3) is 2.12. The molecule has 0 aromatic rings. The molecule has 0 spiro atoms. The van der Waals surface area contributed by atoms with Gasteiger partial charge in [-0.3, -0.25) is 0 Å². The Morgan fingerprint density at radius 3 is 2.00 bits per heavy atom.